The zero-order valence-electron chi connectivity index (χ0n) is 13.2. The van der Waals surface area contributed by atoms with E-state index in [4.69, 9.17) is 4.74 Å². The second kappa shape index (κ2) is 7.78. The average Bonchev–Trinajstić information content (AvgIpc) is 2.42. The molecular formula is C16H24N2O3. The molecule has 0 radical (unpaired) electrons. The van der Waals surface area contributed by atoms with E-state index in [2.05, 4.69) is 10.6 Å². The van der Waals surface area contributed by atoms with Crippen LogP contribution in [0, 0.1) is 0 Å². The van der Waals surface area contributed by atoms with Crippen LogP contribution in [0.15, 0.2) is 24.3 Å². The number of ether oxygens (including phenoxy) is 1. The van der Waals surface area contributed by atoms with E-state index in [9.17, 15) is 9.59 Å². The van der Waals surface area contributed by atoms with Crippen molar-refractivity contribution in [1.29, 1.82) is 0 Å². The van der Waals surface area contributed by atoms with Gasteiger partial charge in [0.2, 0.25) is 5.91 Å². The van der Waals surface area contributed by atoms with Crippen molar-refractivity contribution in [3.8, 4) is 0 Å². The first-order valence-corrected chi connectivity index (χ1v) is 7.14. The SMILES string of the molecule is CCCOC(=O)c1ccc(NC(=O)CNC(C)(C)C)cc1. The van der Waals surface area contributed by atoms with Crippen LogP contribution in [-0.2, 0) is 9.53 Å². The number of hydrogen-bond donors (Lipinski definition) is 2. The van der Waals surface area contributed by atoms with E-state index in [1.165, 1.54) is 0 Å². The molecule has 1 aromatic rings. The van der Waals surface area contributed by atoms with Crippen LogP contribution in [0.1, 0.15) is 44.5 Å². The van der Waals surface area contributed by atoms with Crippen LogP contribution < -0.4 is 10.6 Å². The molecule has 2 N–H and O–H groups in total. The van der Waals surface area contributed by atoms with E-state index in [1.54, 1.807) is 24.3 Å². The highest BCUT2D eigenvalue weighted by atomic mass is 16.5. The van der Waals surface area contributed by atoms with Crippen molar-refractivity contribution >= 4 is 17.6 Å². The predicted molar refractivity (Wildman–Crippen MR) is 83.4 cm³/mol. The van der Waals surface area contributed by atoms with Gasteiger partial charge in [-0.2, -0.15) is 0 Å². The fraction of sp³-hybridized carbons (Fsp3) is 0.500. The molecule has 0 spiro atoms. The molecule has 0 aliphatic carbocycles. The van der Waals surface area contributed by atoms with Gasteiger partial charge in [0, 0.05) is 11.2 Å². The topological polar surface area (TPSA) is 67.4 Å². The Morgan fingerprint density at radius 3 is 2.29 bits per heavy atom. The normalized spacial score (nSPS) is 11.0. The van der Waals surface area contributed by atoms with Gasteiger partial charge in [0.05, 0.1) is 18.7 Å². The van der Waals surface area contributed by atoms with E-state index in [0.717, 1.165) is 6.42 Å². The summed E-state index contributed by atoms with van der Waals surface area (Å²) in [5, 5.41) is 5.88. The van der Waals surface area contributed by atoms with Gasteiger partial charge in [-0.1, -0.05) is 6.92 Å². The largest absolute Gasteiger partial charge is 0.462 e. The van der Waals surface area contributed by atoms with Gasteiger partial charge >= 0.3 is 5.97 Å². The van der Waals surface area contributed by atoms with Crippen molar-refractivity contribution < 1.29 is 14.3 Å². The Morgan fingerprint density at radius 1 is 1.14 bits per heavy atom. The molecule has 5 nitrogen and oxygen atoms in total. The maximum atomic E-state index is 11.8. The molecule has 0 aromatic heterocycles. The second-order valence-corrected chi connectivity index (χ2v) is 5.86. The summed E-state index contributed by atoms with van der Waals surface area (Å²) in [7, 11) is 0. The maximum Gasteiger partial charge on any atom is 0.338 e. The van der Waals surface area contributed by atoms with Crippen molar-refractivity contribution in [1.82, 2.24) is 5.32 Å². The van der Waals surface area contributed by atoms with Crippen molar-refractivity contribution in [3.63, 3.8) is 0 Å². The summed E-state index contributed by atoms with van der Waals surface area (Å²) in [4.78, 5) is 23.4. The summed E-state index contributed by atoms with van der Waals surface area (Å²) in [5.41, 5.74) is 1.03. The Hall–Kier alpha value is -1.88. The maximum absolute atomic E-state index is 11.8. The van der Waals surface area contributed by atoms with Gasteiger partial charge in [0.1, 0.15) is 0 Å². The number of esters is 1. The highest BCUT2D eigenvalue weighted by Crippen LogP contribution is 2.10. The number of amides is 1. The molecule has 0 saturated heterocycles. The summed E-state index contributed by atoms with van der Waals surface area (Å²) in [6.07, 6.45) is 0.792. The minimum atomic E-state index is -0.343. The van der Waals surface area contributed by atoms with E-state index in [0.29, 0.717) is 17.9 Å². The summed E-state index contributed by atoms with van der Waals surface area (Å²) in [6.45, 7) is 8.59. The molecule has 0 aliphatic heterocycles. The van der Waals surface area contributed by atoms with Crippen LogP contribution in [-0.4, -0.2) is 30.6 Å². The van der Waals surface area contributed by atoms with Crippen molar-refractivity contribution in [3.05, 3.63) is 29.8 Å². The lowest BCUT2D eigenvalue weighted by Crippen LogP contribution is -2.41. The lowest BCUT2D eigenvalue weighted by molar-refractivity contribution is -0.115. The third kappa shape index (κ3) is 6.90. The molecule has 0 saturated carbocycles. The number of nitrogens with one attached hydrogen (secondary N) is 2. The van der Waals surface area contributed by atoms with Crippen LogP contribution in [0.3, 0.4) is 0 Å². The van der Waals surface area contributed by atoms with Crippen molar-refractivity contribution in [2.45, 2.75) is 39.7 Å². The molecule has 5 heteroatoms. The van der Waals surface area contributed by atoms with Crippen molar-refractivity contribution in [2.75, 3.05) is 18.5 Å². The molecule has 21 heavy (non-hydrogen) atoms. The zero-order valence-corrected chi connectivity index (χ0v) is 13.2. The second-order valence-electron chi connectivity index (χ2n) is 5.86. The van der Waals surface area contributed by atoms with Gasteiger partial charge in [-0.05, 0) is 51.5 Å². The summed E-state index contributed by atoms with van der Waals surface area (Å²) in [6, 6.07) is 6.67. The molecule has 0 bridgehead atoms. The Morgan fingerprint density at radius 2 is 1.76 bits per heavy atom. The van der Waals surface area contributed by atoms with Crippen LogP contribution in [0.25, 0.3) is 0 Å². The van der Waals surface area contributed by atoms with E-state index in [-0.39, 0.29) is 24.0 Å². The third-order valence-electron chi connectivity index (χ3n) is 2.62. The Bertz CT molecular complexity index is 475. The Kier molecular flexibility index (Phi) is 6.37. The van der Waals surface area contributed by atoms with Gasteiger partial charge < -0.3 is 15.4 Å². The molecule has 1 aromatic carbocycles. The minimum Gasteiger partial charge on any atom is -0.462 e. The van der Waals surface area contributed by atoms with E-state index < -0.39 is 0 Å². The summed E-state index contributed by atoms with van der Waals surface area (Å²) in [5.74, 6) is -0.463. The minimum absolute atomic E-state index is 0.107. The molecule has 0 atom stereocenters. The molecule has 1 amide bonds. The molecule has 0 aliphatic rings. The quantitative estimate of drug-likeness (QED) is 0.791. The van der Waals surface area contributed by atoms with Crippen LogP contribution in [0.2, 0.25) is 0 Å². The number of benzene rings is 1. The molecule has 116 valence electrons. The van der Waals surface area contributed by atoms with E-state index in [1.807, 2.05) is 27.7 Å². The standard InChI is InChI=1S/C16H24N2O3/c1-5-10-21-15(20)12-6-8-13(9-7-12)18-14(19)11-17-16(2,3)4/h6-9,17H,5,10-11H2,1-4H3,(H,18,19). The fourth-order valence-electron chi connectivity index (χ4n) is 1.52. The third-order valence-corrected chi connectivity index (χ3v) is 2.62. The van der Waals surface area contributed by atoms with Gasteiger partial charge in [0.15, 0.2) is 0 Å². The molecule has 1 rings (SSSR count). The number of hydrogen-bond acceptors (Lipinski definition) is 4. The summed E-state index contributed by atoms with van der Waals surface area (Å²) < 4.78 is 5.04. The average molecular weight is 292 g/mol. The molecule has 0 heterocycles. The van der Waals surface area contributed by atoms with Gasteiger partial charge in [-0.25, -0.2) is 4.79 Å². The number of carbonyl (C=O) groups excluding carboxylic acids is 2. The molecule has 0 unspecified atom stereocenters. The first-order valence-electron chi connectivity index (χ1n) is 7.14. The lowest BCUT2D eigenvalue weighted by atomic mass is 10.1. The van der Waals surface area contributed by atoms with Crippen LogP contribution in [0.5, 0.6) is 0 Å². The van der Waals surface area contributed by atoms with Crippen LogP contribution in [0.4, 0.5) is 5.69 Å². The zero-order chi connectivity index (χ0) is 15.9. The lowest BCUT2D eigenvalue weighted by Gasteiger charge is -2.20. The number of anilines is 1. The smallest absolute Gasteiger partial charge is 0.338 e. The first-order chi connectivity index (χ1) is 9.81. The predicted octanol–water partition coefficient (Wildman–Crippen LogP) is 2.58. The van der Waals surface area contributed by atoms with Gasteiger partial charge in [0.25, 0.3) is 0 Å². The fourth-order valence-corrected chi connectivity index (χ4v) is 1.52. The monoisotopic (exact) mass is 292 g/mol. The van der Waals surface area contributed by atoms with Gasteiger partial charge in [-0.3, -0.25) is 4.79 Å². The summed E-state index contributed by atoms with van der Waals surface area (Å²) >= 11 is 0. The first kappa shape index (κ1) is 17.2. The van der Waals surface area contributed by atoms with Crippen molar-refractivity contribution in [2.24, 2.45) is 0 Å². The Labute approximate surface area is 126 Å². The number of rotatable bonds is 6. The molecule has 0 fully saturated rings. The molecular weight excluding hydrogens is 268 g/mol. The highest BCUT2D eigenvalue weighted by Gasteiger charge is 2.12. The van der Waals surface area contributed by atoms with Gasteiger partial charge in [-0.15, -0.1) is 0 Å². The highest BCUT2D eigenvalue weighted by molar-refractivity contribution is 5.94. The van der Waals surface area contributed by atoms with E-state index >= 15 is 0 Å². The Balaban J connectivity index is 2.51. The van der Waals surface area contributed by atoms with Crippen LogP contribution >= 0.6 is 0 Å². The number of carbonyl (C=O) groups is 2.